The van der Waals surface area contributed by atoms with Crippen molar-refractivity contribution in [2.75, 3.05) is 0 Å². The van der Waals surface area contributed by atoms with E-state index in [4.69, 9.17) is 4.74 Å². The lowest BCUT2D eigenvalue weighted by atomic mass is 9.96. The average molecular weight is 463 g/mol. The van der Waals surface area contributed by atoms with E-state index in [1.54, 1.807) is 30.3 Å². The summed E-state index contributed by atoms with van der Waals surface area (Å²) < 4.78 is 5.86. The number of phenolic OH excluding ortho intramolecular Hbond substituents is 2. The maximum Gasteiger partial charge on any atom is 0.161 e. The number of carbonyl (C=O) groups is 1. The predicted octanol–water partition coefficient (Wildman–Crippen LogP) is 6.05. The Morgan fingerprint density at radius 3 is 2.50 bits per heavy atom. The van der Waals surface area contributed by atoms with Gasteiger partial charge in [0.2, 0.25) is 0 Å². The van der Waals surface area contributed by atoms with E-state index in [1.165, 1.54) is 25.7 Å². The molecule has 1 fully saturated rings. The Balaban J connectivity index is 1.26. The first-order chi connectivity index (χ1) is 16.5. The summed E-state index contributed by atoms with van der Waals surface area (Å²) in [6.45, 7) is 0.292. The Kier molecular flexibility index (Phi) is 8.07. The molecule has 1 aliphatic carbocycles. The minimum absolute atomic E-state index is 0.0584. The second-order valence-electron chi connectivity index (χ2n) is 9.58. The maximum absolute atomic E-state index is 12.4. The van der Waals surface area contributed by atoms with Crippen LogP contribution in [0.1, 0.15) is 62.5 Å². The van der Waals surface area contributed by atoms with Crippen molar-refractivity contribution in [2.24, 2.45) is 5.92 Å². The molecule has 3 N–H and O–H groups in total. The van der Waals surface area contributed by atoms with Crippen molar-refractivity contribution >= 4 is 16.6 Å². The van der Waals surface area contributed by atoms with Gasteiger partial charge in [-0.2, -0.15) is 0 Å². The average Bonchev–Trinajstić information content (AvgIpc) is 3.35. The van der Waals surface area contributed by atoms with Gasteiger partial charge in [0.15, 0.2) is 11.5 Å². The van der Waals surface area contributed by atoms with Crippen molar-refractivity contribution in [3.8, 4) is 17.2 Å². The molecular formula is C29H34O5. The number of Topliss-reactive ketones (excluding diaryl/α,β-unsaturated/α-hetero) is 1. The lowest BCUT2D eigenvalue weighted by Gasteiger charge is -2.13. The van der Waals surface area contributed by atoms with Crippen LogP contribution in [0.3, 0.4) is 0 Å². The molecular weight excluding hydrogens is 428 g/mol. The Morgan fingerprint density at radius 1 is 0.941 bits per heavy atom. The number of ether oxygens (including phenoxy) is 1. The number of aromatic hydroxyl groups is 2. The summed E-state index contributed by atoms with van der Waals surface area (Å²) in [7, 11) is 0. The van der Waals surface area contributed by atoms with Gasteiger partial charge in [0.1, 0.15) is 18.1 Å². The van der Waals surface area contributed by atoms with E-state index in [0.29, 0.717) is 31.6 Å². The van der Waals surface area contributed by atoms with Gasteiger partial charge < -0.3 is 20.1 Å². The van der Waals surface area contributed by atoms with Crippen molar-refractivity contribution in [2.45, 2.75) is 70.5 Å². The minimum atomic E-state index is -0.544. The van der Waals surface area contributed by atoms with Crippen molar-refractivity contribution in [1.29, 1.82) is 0 Å². The predicted molar refractivity (Wildman–Crippen MR) is 133 cm³/mol. The van der Waals surface area contributed by atoms with Crippen molar-refractivity contribution < 1.29 is 24.9 Å². The topological polar surface area (TPSA) is 87.0 Å². The van der Waals surface area contributed by atoms with E-state index in [2.05, 4.69) is 0 Å². The minimum Gasteiger partial charge on any atom is -0.508 e. The van der Waals surface area contributed by atoms with E-state index in [0.717, 1.165) is 34.2 Å². The summed E-state index contributed by atoms with van der Waals surface area (Å²) >= 11 is 0. The van der Waals surface area contributed by atoms with Crippen LogP contribution >= 0.6 is 0 Å². The molecule has 34 heavy (non-hydrogen) atoms. The third-order valence-corrected chi connectivity index (χ3v) is 6.85. The highest BCUT2D eigenvalue weighted by molar-refractivity contribution is 5.84. The van der Waals surface area contributed by atoms with Crippen LogP contribution < -0.4 is 4.74 Å². The van der Waals surface area contributed by atoms with Crippen molar-refractivity contribution in [3.05, 3.63) is 65.7 Å². The SMILES string of the molecule is O=C(CCc1ccc(O)c(OCc2ccc3cc(O)ccc3c2)c1)C[C@H](O)CCC1CCCC1. The second-order valence-corrected chi connectivity index (χ2v) is 9.58. The zero-order chi connectivity index (χ0) is 23.9. The quantitative estimate of drug-likeness (QED) is 0.323. The van der Waals surface area contributed by atoms with Crippen molar-refractivity contribution in [1.82, 2.24) is 0 Å². The fraction of sp³-hybridized carbons (Fsp3) is 0.414. The molecule has 4 rings (SSSR count). The summed E-state index contributed by atoms with van der Waals surface area (Å²) in [5, 5.41) is 32.0. The summed E-state index contributed by atoms with van der Waals surface area (Å²) in [5.74, 6) is 1.46. The highest BCUT2D eigenvalue weighted by Gasteiger charge is 2.18. The van der Waals surface area contributed by atoms with Crippen LogP contribution in [0.4, 0.5) is 0 Å². The first kappa shape index (κ1) is 24.1. The summed E-state index contributed by atoms with van der Waals surface area (Å²) in [6, 6.07) is 16.2. The molecule has 5 heteroatoms. The highest BCUT2D eigenvalue weighted by atomic mass is 16.5. The van der Waals surface area contributed by atoms with Gasteiger partial charge in [-0.25, -0.2) is 0 Å². The number of carbonyl (C=O) groups excluding carboxylic acids is 1. The zero-order valence-corrected chi connectivity index (χ0v) is 19.6. The molecule has 0 amide bonds. The number of aliphatic hydroxyl groups is 1. The van der Waals surface area contributed by atoms with Crippen LogP contribution in [-0.4, -0.2) is 27.2 Å². The number of aryl methyl sites for hydroxylation is 1. The van der Waals surface area contributed by atoms with E-state index in [-0.39, 0.29) is 23.7 Å². The normalized spacial score (nSPS) is 15.0. The second kappa shape index (κ2) is 11.4. The number of rotatable bonds is 11. The van der Waals surface area contributed by atoms with Gasteiger partial charge in [0.05, 0.1) is 6.10 Å². The first-order valence-electron chi connectivity index (χ1n) is 12.3. The van der Waals surface area contributed by atoms with Gasteiger partial charge in [-0.1, -0.05) is 49.9 Å². The molecule has 0 heterocycles. The van der Waals surface area contributed by atoms with Crippen LogP contribution in [0.25, 0.3) is 10.8 Å². The smallest absolute Gasteiger partial charge is 0.161 e. The summed E-state index contributed by atoms with van der Waals surface area (Å²) in [5.41, 5.74) is 1.86. The molecule has 3 aromatic carbocycles. The van der Waals surface area contributed by atoms with Crippen LogP contribution in [0.15, 0.2) is 54.6 Å². The third-order valence-electron chi connectivity index (χ3n) is 6.85. The Bertz CT molecular complexity index is 1120. The molecule has 1 aliphatic rings. The fourth-order valence-electron chi connectivity index (χ4n) is 4.84. The van der Waals surface area contributed by atoms with Gasteiger partial charge >= 0.3 is 0 Å². The maximum atomic E-state index is 12.4. The van der Waals surface area contributed by atoms with Gasteiger partial charge in [0.25, 0.3) is 0 Å². The molecule has 180 valence electrons. The van der Waals surface area contributed by atoms with E-state index < -0.39 is 6.10 Å². The first-order valence-corrected chi connectivity index (χ1v) is 12.3. The summed E-state index contributed by atoms with van der Waals surface area (Å²) in [6.07, 6.45) is 7.43. The molecule has 0 unspecified atom stereocenters. The van der Waals surface area contributed by atoms with E-state index in [1.807, 2.05) is 24.3 Å². The van der Waals surface area contributed by atoms with Crippen LogP contribution in [-0.2, 0) is 17.8 Å². The van der Waals surface area contributed by atoms with Crippen LogP contribution in [0, 0.1) is 5.92 Å². The number of fused-ring (bicyclic) bond motifs is 1. The van der Waals surface area contributed by atoms with Gasteiger partial charge in [-0.05, 0) is 77.4 Å². The van der Waals surface area contributed by atoms with E-state index >= 15 is 0 Å². The number of phenols is 2. The molecule has 1 saturated carbocycles. The lowest BCUT2D eigenvalue weighted by Crippen LogP contribution is -2.15. The third kappa shape index (κ3) is 6.73. The molecule has 1 atom stereocenters. The molecule has 0 radical (unpaired) electrons. The molecule has 5 nitrogen and oxygen atoms in total. The van der Waals surface area contributed by atoms with Gasteiger partial charge in [-0.3, -0.25) is 4.79 Å². The van der Waals surface area contributed by atoms with Gasteiger partial charge in [0, 0.05) is 12.8 Å². The number of hydrogen-bond acceptors (Lipinski definition) is 5. The molecule has 0 spiro atoms. The summed E-state index contributed by atoms with van der Waals surface area (Å²) in [4.78, 5) is 12.4. The van der Waals surface area contributed by atoms with Gasteiger partial charge in [-0.15, -0.1) is 0 Å². The highest BCUT2D eigenvalue weighted by Crippen LogP contribution is 2.30. The lowest BCUT2D eigenvalue weighted by molar-refractivity contribution is -0.121. The molecule has 0 bridgehead atoms. The molecule has 3 aromatic rings. The monoisotopic (exact) mass is 462 g/mol. The Labute approximate surface area is 201 Å². The van der Waals surface area contributed by atoms with Crippen LogP contribution in [0.2, 0.25) is 0 Å². The largest absolute Gasteiger partial charge is 0.508 e. The zero-order valence-electron chi connectivity index (χ0n) is 19.6. The number of aliphatic hydroxyl groups excluding tert-OH is 1. The molecule has 0 aromatic heterocycles. The number of hydrogen-bond donors (Lipinski definition) is 3. The number of ketones is 1. The van der Waals surface area contributed by atoms with E-state index in [9.17, 15) is 20.1 Å². The van der Waals surface area contributed by atoms with Crippen molar-refractivity contribution in [3.63, 3.8) is 0 Å². The molecule has 0 aliphatic heterocycles. The number of benzene rings is 3. The fourth-order valence-corrected chi connectivity index (χ4v) is 4.84. The standard InChI is InChI=1S/C29H34O5/c30-25-13-10-23-15-22(5-9-24(23)17-25)19-34-29-16-21(8-14-28(29)33)7-12-27(32)18-26(31)11-6-20-3-1-2-4-20/h5,8-10,13-17,20,26,30-31,33H,1-4,6-7,11-12,18-19H2/t26-/m1/s1. The molecule has 0 saturated heterocycles. The van der Waals surface area contributed by atoms with Crippen LogP contribution in [0.5, 0.6) is 17.2 Å². The Morgan fingerprint density at radius 2 is 1.68 bits per heavy atom. The Hall–Kier alpha value is -3.05.